The van der Waals surface area contributed by atoms with Gasteiger partial charge in [-0.05, 0) is 62.0 Å². The summed E-state index contributed by atoms with van der Waals surface area (Å²) >= 11 is 0. The highest BCUT2D eigenvalue weighted by Crippen LogP contribution is 2.64. The van der Waals surface area contributed by atoms with Crippen LogP contribution in [0, 0.1) is 28.6 Å². The van der Waals surface area contributed by atoms with E-state index in [1.54, 1.807) is 6.92 Å². The molecule has 9 heteroatoms. The van der Waals surface area contributed by atoms with E-state index < -0.39 is 21.0 Å². The van der Waals surface area contributed by atoms with E-state index >= 15 is 0 Å². The van der Waals surface area contributed by atoms with Crippen molar-refractivity contribution in [3.63, 3.8) is 0 Å². The van der Waals surface area contributed by atoms with Gasteiger partial charge in [0.05, 0.1) is 0 Å². The molecule has 0 N–H and O–H groups in total. The number of alkyl halides is 3. The summed E-state index contributed by atoms with van der Waals surface area (Å²) in [5, 5.41) is 0. The van der Waals surface area contributed by atoms with Gasteiger partial charge in [0.25, 0.3) is 0 Å². The van der Waals surface area contributed by atoms with E-state index in [1.807, 2.05) is 6.08 Å². The minimum Gasteiger partial charge on any atom is -0.431 e. The van der Waals surface area contributed by atoms with E-state index in [4.69, 9.17) is 4.74 Å². The van der Waals surface area contributed by atoms with Crippen molar-refractivity contribution < 1.29 is 35.3 Å². The van der Waals surface area contributed by atoms with Gasteiger partial charge in [0, 0.05) is 17.3 Å². The van der Waals surface area contributed by atoms with Crippen molar-refractivity contribution in [2.24, 2.45) is 28.6 Å². The molecule has 5 atom stereocenters. The Morgan fingerprint density at radius 3 is 2.50 bits per heavy atom. The molecule has 156 valence electrons. The van der Waals surface area contributed by atoms with Crippen molar-refractivity contribution >= 4 is 16.1 Å². The molecular formula is C19H23F3O5S. The fourth-order valence-electron chi connectivity index (χ4n) is 5.89. The second-order valence-corrected chi connectivity index (χ2v) is 10.4. The fourth-order valence-corrected chi connectivity index (χ4v) is 6.48. The Morgan fingerprint density at radius 1 is 1.11 bits per heavy atom. The summed E-state index contributed by atoms with van der Waals surface area (Å²) in [5.41, 5.74) is -6.45. The molecule has 0 aromatic heterocycles. The van der Waals surface area contributed by atoms with Crippen LogP contribution in [0.3, 0.4) is 0 Å². The summed E-state index contributed by atoms with van der Waals surface area (Å²) in [5.74, 6) is 0.829. The summed E-state index contributed by atoms with van der Waals surface area (Å²) < 4.78 is 71.5. The normalized spacial score (nSPS) is 40.5. The molecule has 1 aliphatic heterocycles. The van der Waals surface area contributed by atoms with Crippen molar-refractivity contribution in [3.05, 3.63) is 23.7 Å². The maximum Gasteiger partial charge on any atom is 0.534 e. The van der Waals surface area contributed by atoms with Crippen LogP contribution >= 0.6 is 0 Å². The molecule has 0 aromatic carbocycles. The number of hydrogen-bond donors (Lipinski definition) is 0. The SMILES string of the molecule is CC12CCC(=O)OC1=CCC1C2CCC2(C)C(OS(=O)(=O)C(F)(F)F)=CCC12. The first kappa shape index (κ1) is 19.8. The predicted octanol–water partition coefficient (Wildman–Crippen LogP) is 4.42. The van der Waals surface area contributed by atoms with Crippen molar-refractivity contribution in [2.75, 3.05) is 0 Å². The lowest BCUT2D eigenvalue weighted by molar-refractivity contribution is -0.151. The lowest BCUT2D eigenvalue weighted by atomic mass is 9.50. The highest BCUT2D eigenvalue weighted by Gasteiger charge is 2.60. The van der Waals surface area contributed by atoms with Crippen molar-refractivity contribution in [1.82, 2.24) is 0 Å². The summed E-state index contributed by atoms with van der Waals surface area (Å²) in [6.07, 6.45) is 6.91. The van der Waals surface area contributed by atoms with Crippen LogP contribution in [-0.2, 0) is 23.8 Å². The zero-order chi connectivity index (χ0) is 20.5. The molecule has 5 unspecified atom stereocenters. The summed E-state index contributed by atoms with van der Waals surface area (Å²) in [6.45, 7) is 3.90. The zero-order valence-electron chi connectivity index (χ0n) is 15.7. The molecule has 1 heterocycles. The monoisotopic (exact) mass is 420 g/mol. The van der Waals surface area contributed by atoms with Crippen LogP contribution in [0.2, 0.25) is 0 Å². The van der Waals surface area contributed by atoms with Gasteiger partial charge in [0.1, 0.15) is 11.5 Å². The number of esters is 1. The highest BCUT2D eigenvalue weighted by molar-refractivity contribution is 7.87. The highest BCUT2D eigenvalue weighted by atomic mass is 32.2. The predicted molar refractivity (Wildman–Crippen MR) is 92.7 cm³/mol. The van der Waals surface area contributed by atoms with Gasteiger partial charge in [-0.2, -0.15) is 21.6 Å². The second-order valence-electron chi connectivity index (χ2n) is 8.82. The standard InChI is InChI=1S/C19H23F3O5S/c1-17-10-8-16(23)26-14(17)5-3-11-12-4-6-15(18(12,2)9-7-13(11)17)27-28(24,25)19(20,21)22/h5-6,11-13H,3-4,7-10H2,1-2H3. The number of carbonyl (C=O) groups is 1. The van der Waals surface area contributed by atoms with Crippen LogP contribution < -0.4 is 0 Å². The Morgan fingerprint density at radius 2 is 1.82 bits per heavy atom. The number of hydrogen-bond acceptors (Lipinski definition) is 5. The maximum atomic E-state index is 12.8. The van der Waals surface area contributed by atoms with Gasteiger partial charge in [0.2, 0.25) is 0 Å². The van der Waals surface area contributed by atoms with Crippen molar-refractivity contribution in [2.45, 2.75) is 57.9 Å². The van der Waals surface area contributed by atoms with E-state index in [-0.39, 0.29) is 34.9 Å². The van der Waals surface area contributed by atoms with Gasteiger partial charge in [-0.3, -0.25) is 4.79 Å². The molecule has 3 aliphatic carbocycles. The maximum absolute atomic E-state index is 12.8. The third kappa shape index (κ3) is 2.72. The average molecular weight is 420 g/mol. The molecule has 0 radical (unpaired) electrons. The second kappa shape index (κ2) is 6.00. The molecule has 28 heavy (non-hydrogen) atoms. The first-order chi connectivity index (χ1) is 12.9. The third-order valence-corrected chi connectivity index (χ3v) is 8.42. The van der Waals surface area contributed by atoms with E-state index in [0.717, 1.165) is 12.2 Å². The molecule has 5 nitrogen and oxygen atoms in total. The van der Waals surface area contributed by atoms with E-state index in [2.05, 4.69) is 11.1 Å². The quantitative estimate of drug-likeness (QED) is 0.376. The number of fused-ring (bicyclic) bond motifs is 5. The van der Waals surface area contributed by atoms with Gasteiger partial charge in [-0.25, -0.2) is 0 Å². The summed E-state index contributed by atoms with van der Waals surface area (Å²) in [7, 11) is -5.67. The zero-order valence-corrected chi connectivity index (χ0v) is 16.5. The Labute approximate surface area is 162 Å². The lowest BCUT2D eigenvalue weighted by Gasteiger charge is -2.55. The molecular weight excluding hydrogens is 397 g/mol. The average Bonchev–Trinajstić information content (AvgIpc) is 2.91. The number of carbonyl (C=O) groups excluding carboxylic acids is 1. The number of ether oxygens (including phenoxy) is 1. The van der Waals surface area contributed by atoms with Crippen LogP contribution in [0.15, 0.2) is 23.7 Å². The topological polar surface area (TPSA) is 69.7 Å². The van der Waals surface area contributed by atoms with Crippen molar-refractivity contribution in [1.29, 1.82) is 0 Å². The lowest BCUT2D eigenvalue weighted by Crippen LogP contribution is -2.50. The van der Waals surface area contributed by atoms with E-state index in [1.165, 1.54) is 6.08 Å². The summed E-state index contributed by atoms with van der Waals surface area (Å²) in [4.78, 5) is 11.7. The molecule has 0 aromatic rings. The smallest absolute Gasteiger partial charge is 0.431 e. The first-order valence-electron chi connectivity index (χ1n) is 9.51. The van der Waals surface area contributed by atoms with Gasteiger partial charge in [-0.1, -0.05) is 13.8 Å². The van der Waals surface area contributed by atoms with Crippen LogP contribution in [0.5, 0.6) is 0 Å². The molecule has 0 spiro atoms. The van der Waals surface area contributed by atoms with Crippen LogP contribution in [0.1, 0.15) is 52.4 Å². The Balaban J connectivity index is 1.61. The number of allylic oxidation sites excluding steroid dienone is 4. The first-order valence-corrected chi connectivity index (χ1v) is 10.9. The third-order valence-electron chi connectivity index (χ3n) is 7.46. The molecule has 2 fully saturated rings. The van der Waals surface area contributed by atoms with Crippen LogP contribution in [0.4, 0.5) is 13.2 Å². The number of halogens is 3. The van der Waals surface area contributed by atoms with Gasteiger partial charge in [-0.15, -0.1) is 0 Å². The Hall–Kier alpha value is -1.51. The Kier molecular flexibility index (Phi) is 4.24. The van der Waals surface area contributed by atoms with Crippen LogP contribution in [-0.4, -0.2) is 19.9 Å². The van der Waals surface area contributed by atoms with Gasteiger partial charge >= 0.3 is 21.6 Å². The van der Waals surface area contributed by atoms with Gasteiger partial charge < -0.3 is 8.92 Å². The van der Waals surface area contributed by atoms with Gasteiger partial charge in [0.15, 0.2) is 0 Å². The summed E-state index contributed by atoms with van der Waals surface area (Å²) in [6, 6.07) is 0. The molecule has 1 saturated carbocycles. The number of rotatable bonds is 2. The Bertz CT molecular complexity index is 874. The molecule has 0 amide bonds. The molecule has 4 rings (SSSR count). The van der Waals surface area contributed by atoms with Crippen molar-refractivity contribution in [3.8, 4) is 0 Å². The largest absolute Gasteiger partial charge is 0.534 e. The molecule has 4 aliphatic rings. The van der Waals surface area contributed by atoms with E-state index in [9.17, 15) is 26.4 Å². The van der Waals surface area contributed by atoms with Crippen LogP contribution in [0.25, 0.3) is 0 Å². The minimum absolute atomic E-state index is 0.00284. The molecule has 0 bridgehead atoms. The fraction of sp³-hybridized carbons (Fsp3) is 0.737. The molecule has 1 saturated heterocycles. The van der Waals surface area contributed by atoms with E-state index in [0.29, 0.717) is 32.1 Å². The minimum atomic E-state index is -5.67.